The van der Waals surface area contributed by atoms with Crippen LogP contribution in [-0.2, 0) is 9.59 Å². The molecule has 0 spiro atoms. The highest BCUT2D eigenvalue weighted by atomic mass is 16.5. The van der Waals surface area contributed by atoms with Gasteiger partial charge in [-0.15, -0.1) is 0 Å². The van der Waals surface area contributed by atoms with Crippen molar-refractivity contribution < 1.29 is 19.4 Å². The van der Waals surface area contributed by atoms with E-state index in [0.29, 0.717) is 17.9 Å². The predicted molar refractivity (Wildman–Crippen MR) is 159 cm³/mol. The van der Waals surface area contributed by atoms with Crippen LogP contribution < -0.4 is 4.74 Å². The fourth-order valence-corrected chi connectivity index (χ4v) is 5.47. The van der Waals surface area contributed by atoms with Crippen molar-refractivity contribution in [1.29, 1.82) is 0 Å². The summed E-state index contributed by atoms with van der Waals surface area (Å²) in [6.07, 6.45) is 17.7. The molecule has 2 aromatic rings. The Morgan fingerprint density at radius 1 is 0.744 bits per heavy atom. The van der Waals surface area contributed by atoms with Crippen LogP contribution in [0.1, 0.15) is 114 Å². The Morgan fingerprint density at radius 3 is 1.77 bits per heavy atom. The number of amides is 1. The third-order valence-electron chi connectivity index (χ3n) is 7.77. The minimum Gasteiger partial charge on any atom is -0.507 e. The van der Waals surface area contributed by atoms with Gasteiger partial charge < -0.3 is 14.7 Å². The van der Waals surface area contributed by atoms with E-state index in [4.69, 9.17) is 4.74 Å². The lowest BCUT2D eigenvalue weighted by Crippen LogP contribution is -2.30. The van der Waals surface area contributed by atoms with E-state index in [1.54, 1.807) is 36.3 Å². The Morgan fingerprint density at radius 2 is 1.26 bits per heavy atom. The average molecular weight is 534 g/mol. The number of likely N-dealkylation sites (tertiary alicyclic amines) is 1. The number of unbranched alkanes of at least 4 members (excludes halogenated alkanes) is 13. The maximum atomic E-state index is 13.2. The van der Waals surface area contributed by atoms with Gasteiger partial charge in [0.25, 0.3) is 11.7 Å². The summed E-state index contributed by atoms with van der Waals surface area (Å²) in [5, 5.41) is 11.2. The second-order valence-electron chi connectivity index (χ2n) is 10.7. The van der Waals surface area contributed by atoms with Gasteiger partial charge in [-0.1, -0.05) is 121 Å². The Balaban J connectivity index is 1.51. The third kappa shape index (κ3) is 8.98. The number of aliphatic hydroxyl groups is 1. The van der Waals surface area contributed by atoms with E-state index in [1.807, 2.05) is 30.3 Å². The molecule has 39 heavy (non-hydrogen) atoms. The highest BCUT2D eigenvalue weighted by Crippen LogP contribution is 2.39. The number of methoxy groups -OCH3 is 1. The van der Waals surface area contributed by atoms with Crippen molar-refractivity contribution in [2.24, 2.45) is 0 Å². The molecule has 0 saturated carbocycles. The minimum absolute atomic E-state index is 0.145. The van der Waals surface area contributed by atoms with Gasteiger partial charge in [-0.05, 0) is 36.2 Å². The van der Waals surface area contributed by atoms with E-state index in [2.05, 4.69) is 6.92 Å². The summed E-state index contributed by atoms with van der Waals surface area (Å²) in [7, 11) is 1.58. The molecule has 1 N–H and O–H groups in total. The minimum atomic E-state index is -0.623. The number of ether oxygens (including phenoxy) is 1. The van der Waals surface area contributed by atoms with E-state index in [0.717, 1.165) is 24.8 Å². The van der Waals surface area contributed by atoms with Crippen LogP contribution in [0, 0.1) is 0 Å². The van der Waals surface area contributed by atoms with E-state index in [-0.39, 0.29) is 11.3 Å². The lowest BCUT2D eigenvalue weighted by molar-refractivity contribution is -0.139. The van der Waals surface area contributed by atoms with Crippen molar-refractivity contribution >= 4 is 17.4 Å². The number of Topliss-reactive ketones (excluding diaryl/α,β-unsaturated/α-hetero) is 1. The number of aliphatic hydroxyl groups excluding tert-OH is 1. The van der Waals surface area contributed by atoms with E-state index < -0.39 is 17.7 Å². The second kappa shape index (κ2) is 16.8. The summed E-state index contributed by atoms with van der Waals surface area (Å²) in [6, 6.07) is 15.8. The molecule has 0 radical (unpaired) electrons. The first-order valence-corrected chi connectivity index (χ1v) is 15.1. The monoisotopic (exact) mass is 533 g/mol. The highest BCUT2D eigenvalue weighted by molar-refractivity contribution is 6.46. The lowest BCUT2D eigenvalue weighted by atomic mass is 9.95. The van der Waals surface area contributed by atoms with Crippen LogP contribution in [0.5, 0.6) is 5.75 Å². The van der Waals surface area contributed by atoms with Crippen LogP contribution in [0.15, 0.2) is 60.2 Å². The van der Waals surface area contributed by atoms with E-state index in [1.165, 1.54) is 70.6 Å². The van der Waals surface area contributed by atoms with Crippen molar-refractivity contribution in [3.05, 3.63) is 71.3 Å². The van der Waals surface area contributed by atoms with Crippen molar-refractivity contribution in [2.45, 2.75) is 103 Å². The number of hydrogen-bond donors (Lipinski definition) is 1. The number of ketones is 1. The van der Waals surface area contributed by atoms with Gasteiger partial charge in [0.2, 0.25) is 0 Å². The van der Waals surface area contributed by atoms with Crippen LogP contribution >= 0.6 is 0 Å². The van der Waals surface area contributed by atoms with Crippen molar-refractivity contribution in [3.63, 3.8) is 0 Å². The van der Waals surface area contributed by atoms with Crippen molar-refractivity contribution in [3.8, 4) is 5.75 Å². The number of benzene rings is 2. The maximum Gasteiger partial charge on any atom is 0.295 e. The smallest absolute Gasteiger partial charge is 0.295 e. The molecule has 0 unspecified atom stereocenters. The van der Waals surface area contributed by atoms with Gasteiger partial charge in [0, 0.05) is 12.1 Å². The number of nitrogens with zero attached hydrogens (tertiary/aromatic N) is 1. The van der Waals surface area contributed by atoms with E-state index in [9.17, 15) is 14.7 Å². The number of hydrogen-bond acceptors (Lipinski definition) is 4. The molecule has 1 atom stereocenters. The first-order valence-electron chi connectivity index (χ1n) is 15.1. The molecular weight excluding hydrogens is 486 g/mol. The molecule has 1 saturated heterocycles. The van der Waals surface area contributed by atoms with Gasteiger partial charge in [0.15, 0.2) is 0 Å². The zero-order valence-electron chi connectivity index (χ0n) is 24.0. The van der Waals surface area contributed by atoms with Gasteiger partial charge >= 0.3 is 0 Å². The molecular formula is C34H47NO4. The van der Waals surface area contributed by atoms with Gasteiger partial charge in [0.05, 0.1) is 18.7 Å². The standard InChI is InChI=1S/C34H47NO4/c1-3-4-5-6-7-8-9-10-11-12-13-14-15-19-26-35-31(27-20-17-16-18-21-27)30(33(37)34(35)38)32(36)28-22-24-29(39-2)25-23-28/h16-18,20-25,31,36H,3-15,19,26H2,1-2H3/b32-30+/t31-/m0/s1. The predicted octanol–water partition coefficient (Wildman–Crippen LogP) is 8.60. The normalized spacial score (nSPS) is 16.7. The van der Waals surface area contributed by atoms with E-state index >= 15 is 0 Å². The average Bonchev–Trinajstić information content (AvgIpc) is 3.22. The molecule has 5 nitrogen and oxygen atoms in total. The molecule has 212 valence electrons. The van der Waals surface area contributed by atoms with Crippen LogP contribution in [0.4, 0.5) is 0 Å². The Hall–Kier alpha value is -3.08. The Kier molecular flexibility index (Phi) is 13.1. The van der Waals surface area contributed by atoms with Crippen molar-refractivity contribution in [1.82, 2.24) is 4.90 Å². The van der Waals surface area contributed by atoms with Crippen molar-refractivity contribution in [2.75, 3.05) is 13.7 Å². The fraction of sp³-hybridized carbons (Fsp3) is 0.529. The SMILES string of the molecule is CCCCCCCCCCCCCCCCN1C(=O)C(=O)/C(=C(/O)c2ccc(OC)cc2)[C@@H]1c1ccccc1. The summed E-state index contributed by atoms with van der Waals surface area (Å²) in [5.74, 6) is -0.645. The van der Waals surface area contributed by atoms with Crippen LogP contribution in [0.3, 0.4) is 0 Å². The third-order valence-corrected chi connectivity index (χ3v) is 7.77. The zero-order valence-corrected chi connectivity index (χ0v) is 24.0. The molecule has 0 bridgehead atoms. The molecule has 1 aliphatic heterocycles. The zero-order chi connectivity index (χ0) is 27.9. The topological polar surface area (TPSA) is 66.8 Å². The number of rotatable bonds is 18. The Labute approximate surface area is 235 Å². The first kappa shape index (κ1) is 30.5. The number of carbonyl (C=O) groups excluding carboxylic acids is 2. The van der Waals surface area contributed by atoms with Crippen LogP contribution in [0.2, 0.25) is 0 Å². The molecule has 5 heteroatoms. The fourth-order valence-electron chi connectivity index (χ4n) is 5.47. The summed E-state index contributed by atoms with van der Waals surface area (Å²) in [5.41, 5.74) is 1.48. The summed E-state index contributed by atoms with van der Waals surface area (Å²) >= 11 is 0. The molecule has 1 fully saturated rings. The quantitative estimate of drug-likeness (QED) is 0.0901. The number of carbonyl (C=O) groups is 2. The Bertz CT molecular complexity index is 1040. The molecule has 1 amide bonds. The van der Waals surface area contributed by atoms with Gasteiger partial charge in [-0.25, -0.2) is 0 Å². The lowest BCUT2D eigenvalue weighted by Gasteiger charge is -2.25. The first-order chi connectivity index (χ1) is 19.1. The second-order valence-corrected chi connectivity index (χ2v) is 10.7. The molecule has 0 aliphatic carbocycles. The molecule has 1 heterocycles. The largest absolute Gasteiger partial charge is 0.507 e. The molecule has 0 aromatic heterocycles. The maximum absolute atomic E-state index is 13.2. The summed E-state index contributed by atoms with van der Waals surface area (Å²) < 4.78 is 5.21. The van der Waals surface area contributed by atoms with Crippen LogP contribution in [-0.4, -0.2) is 35.4 Å². The molecule has 2 aromatic carbocycles. The van der Waals surface area contributed by atoms with Gasteiger partial charge in [-0.3, -0.25) is 9.59 Å². The summed E-state index contributed by atoms with van der Waals surface area (Å²) in [6.45, 7) is 2.76. The molecule has 1 aliphatic rings. The summed E-state index contributed by atoms with van der Waals surface area (Å²) in [4.78, 5) is 27.9. The van der Waals surface area contributed by atoms with Gasteiger partial charge in [0.1, 0.15) is 11.5 Å². The molecule has 3 rings (SSSR count). The highest BCUT2D eigenvalue weighted by Gasteiger charge is 2.45. The van der Waals surface area contributed by atoms with Crippen LogP contribution in [0.25, 0.3) is 5.76 Å². The van der Waals surface area contributed by atoms with Gasteiger partial charge in [-0.2, -0.15) is 0 Å².